The molecule has 0 aliphatic carbocycles. The second-order valence-electron chi connectivity index (χ2n) is 4.11. The number of aliphatic hydroxyl groups excluding tert-OH is 1. The summed E-state index contributed by atoms with van der Waals surface area (Å²) in [6.07, 6.45) is 0. The fourth-order valence-electron chi connectivity index (χ4n) is 1.69. The van der Waals surface area contributed by atoms with Crippen molar-refractivity contribution in [2.24, 2.45) is 0 Å². The molecule has 0 bridgehead atoms. The first-order valence-electron chi connectivity index (χ1n) is 5.71. The molecule has 0 fully saturated rings. The summed E-state index contributed by atoms with van der Waals surface area (Å²) in [5.74, 6) is 0. The van der Waals surface area contributed by atoms with Gasteiger partial charge >= 0.3 is 0 Å². The molecule has 4 nitrogen and oxygen atoms in total. The second kappa shape index (κ2) is 6.42. The number of aliphatic hydroxyl groups is 1. The summed E-state index contributed by atoms with van der Waals surface area (Å²) in [4.78, 5) is -0.169. The Kier molecular flexibility index (Phi) is 5.01. The number of rotatable bonds is 4. The molecular formula is C13H10Cl3NO3S. The van der Waals surface area contributed by atoms with Crippen LogP contribution in [-0.4, -0.2) is 13.5 Å². The zero-order valence-electron chi connectivity index (χ0n) is 10.5. The molecule has 0 spiro atoms. The van der Waals surface area contributed by atoms with Crippen LogP contribution in [0.4, 0.5) is 5.69 Å². The zero-order chi connectivity index (χ0) is 15.6. The summed E-state index contributed by atoms with van der Waals surface area (Å²) >= 11 is 17.7. The number of benzene rings is 2. The van der Waals surface area contributed by atoms with Gasteiger partial charge in [-0.25, -0.2) is 8.42 Å². The van der Waals surface area contributed by atoms with E-state index in [1.807, 2.05) is 0 Å². The van der Waals surface area contributed by atoms with E-state index in [2.05, 4.69) is 4.72 Å². The highest BCUT2D eigenvalue weighted by Crippen LogP contribution is 2.32. The molecule has 0 unspecified atom stereocenters. The zero-order valence-corrected chi connectivity index (χ0v) is 13.6. The van der Waals surface area contributed by atoms with Gasteiger partial charge in [0.05, 0.1) is 17.3 Å². The Labute approximate surface area is 137 Å². The predicted molar refractivity (Wildman–Crippen MR) is 84.6 cm³/mol. The summed E-state index contributed by atoms with van der Waals surface area (Å²) in [5.41, 5.74) is 0.464. The SMILES string of the molecule is O=S(=O)(Nc1cccc(Cl)c1)c1ccc(Cl)c(CO)c1Cl. The molecule has 2 aromatic carbocycles. The Hall–Kier alpha value is -0.980. The Morgan fingerprint density at radius 1 is 1.10 bits per heavy atom. The van der Waals surface area contributed by atoms with Crippen molar-refractivity contribution in [3.05, 3.63) is 57.0 Å². The number of hydrogen-bond acceptors (Lipinski definition) is 3. The van der Waals surface area contributed by atoms with E-state index in [0.717, 1.165) is 0 Å². The molecular weight excluding hydrogens is 357 g/mol. The minimum absolute atomic E-state index is 0.112. The smallest absolute Gasteiger partial charge is 0.263 e. The Bertz CT molecular complexity index is 778. The van der Waals surface area contributed by atoms with Gasteiger partial charge in [0.15, 0.2) is 0 Å². The molecule has 2 N–H and O–H groups in total. The molecule has 0 aromatic heterocycles. The summed E-state index contributed by atoms with van der Waals surface area (Å²) in [6.45, 7) is -0.460. The normalized spacial score (nSPS) is 11.4. The second-order valence-corrected chi connectivity index (χ2v) is 6.98. The van der Waals surface area contributed by atoms with Crippen LogP contribution in [0.2, 0.25) is 15.1 Å². The van der Waals surface area contributed by atoms with Gasteiger partial charge < -0.3 is 5.11 Å². The third-order valence-corrected chi connectivity index (χ3v) is 5.23. The molecule has 0 radical (unpaired) electrons. The maximum Gasteiger partial charge on any atom is 0.263 e. The van der Waals surface area contributed by atoms with E-state index in [0.29, 0.717) is 10.7 Å². The van der Waals surface area contributed by atoms with Crippen LogP contribution in [0.15, 0.2) is 41.3 Å². The van der Waals surface area contributed by atoms with Crippen molar-refractivity contribution >= 4 is 50.5 Å². The fraction of sp³-hybridized carbons (Fsp3) is 0.0769. The molecule has 0 saturated heterocycles. The lowest BCUT2D eigenvalue weighted by Crippen LogP contribution is -2.14. The van der Waals surface area contributed by atoms with Gasteiger partial charge in [0.1, 0.15) is 4.90 Å². The minimum Gasteiger partial charge on any atom is -0.392 e. The number of hydrogen-bond donors (Lipinski definition) is 2. The Balaban J connectivity index is 2.45. The quantitative estimate of drug-likeness (QED) is 0.861. The highest BCUT2D eigenvalue weighted by atomic mass is 35.5. The third kappa shape index (κ3) is 3.62. The molecule has 0 aliphatic heterocycles. The van der Waals surface area contributed by atoms with Crippen molar-refractivity contribution in [3.63, 3.8) is 0 Å². The number of sulfonamides is 1. The number of nitrogens with one attached hydrogen (secondary N) is 1. The Morgan fingerprint density at radius 2 is 1.81 bits per heavy atom. The monoisotopic (exact) mass is 365 g/mol. The molecule has 8 heteroatoms. The van der Waals surface area contributed by atoms with Crippen molar-refractivity contribution in [3.8, 4) is 0 Å². The predicted octanol–water partition coefficient (Wildman–Crippen LogP) is 3.94. The fourth-order valence-corrected chi connectivity index (χ4v) is 3.83. The van der Waals surface area contributed by atoms with Gasteiger partial charge in [-0.2, -0.15) is 0 Å². The van der Waals surface area contributed by atoms with E-state index in [1.165, 1.54) is 18.2 Å². The lowest BCUT2D eigenvalue weighted by Gasteiger charge is -2.12. The van der Waals surface area contributed by atoms with Gasteiger partial charge in [-0.3, -0.25) is 4.72 Å². The molecule has 21 heavy (non-hydrogen) atoms. The summed E-state index contributed by atoms with van der Waals surface area (Å²) < 4.78 is 27.1. The van der Waals surface area contributed by atoms with Gasteiger partial charge in [0.25, 0.3) is 10.0 Å². The first kappa shape index (κ1) is 16.4. The van der Waals surface area contributed by atoms with Crippen molar-refractivity contribution < 1.29 is 13.5 Å². The molecule has 0 atom stereocenters. The Morgan fingerprint density at radius 3 is 2.43 bits per heavy atom. The molecule has 0 heterocycles. The van der Waals surface area contributed by atoms with E-state index in [-0.39, 0.29) is 20.5 Å². The van der Waals surface area contributed by atoms with Crippen LogP contribution in [0.3, 0.4) is 0 Å². The molecule has 2 aromatic rings. The van der Waals surface area contributed by atoms with Gasteiger partial charge in [0.2, 0.25) is 0 Å². The van der Waals surface area contributed by atoms with Gasteiger partial charge in [-0.05, 0) is 30.3 Å². The van der Waals surface area contributed by atoms with Crippen molar-refractivity contribution in [1.82, 2.24) is 0 Å². The van der Waals surface area contributed by atoms with Crippen LogP contribution in [-0.2, 0) is 16.6 Å². The van der Waals surface area contributed by atoms with E-state index >= 15 is 0 Å². The summed E-state index contributed by atoms with van der Waals surface area (Å²) in [7, 11) is -3.92. The molecule has 0 saturated carbocycles. The topological polar surface area (TPSA) is 66.4 Å². The molecule has 0 amide bonds. The molecule has 0 aliphatic rings. The van der Waals surface area contributed by atoms with Gasteiger partial charge in [0, 0.05) is 15.6 Å². The van der Waals surface area contributed by atoms with Crippen LogP contribution in [0.5, 0.6) is 0 Å². The summed E-state index contributed by atoms with van der Waals surface area (Å²) in [5, 5.41) is 9.70. The minimum atomic E-state index is -3.92. The highest BCUT2D eigenvalue weighted by Gasteiger charge is 2.21. The van der Waals surface area contributed by atoms with Crippen LogP contribution in [0, 0.1) is 0 Å². The highest BCUT2D eigenvalue weighted by molar-refractivity contribution is 7.92. The van der Waals surface area contributed by atoms with Gasteiger partial charge in [-0.1, -0.05) is 40.9 Å². The molecule has 112 valence electrons. The maximum absolute atomic E-state index is 12.3. The third-order valence-electron chi connectivity index (χ3n) is 2.68. The van der Waals surface area contributed by atoms with Crippen LogP contribution in [0.25, 0.3) is 0 Å². The lowest BCUT2D eigenvalue weighted by molar-refractivity contribution is 0.282. The maximum atomic E-state index is 12.3. The van der Waals surface area contributed by atoms with Crippen LogP contribution in [0.1, 0.15) is 5.56 Å². The lowest BCUT2D eigenvalue weighted by atomic mass is 10.2. The van der Waals surface area contributed by atoms with Crippen molar-refractivity contribution in [2.75, 3.05) is 4.72 Å². The summed E-state index contributed by atoms with van der Waals surface area (Å²) in [6, 6.07) is 8.90. The number of halogens is 3. The average molecular weight is 367 g/mol. The average Bonchev–Trinajstić information content (AvgIpc) is 2.38. The first-order valence-corrected chi connectivity index (χ1v) is 8.33. The standard InChI is InChI=1S/C13H10Cl3NO3S/c14-8-2-1-3-9(6-8)17-21(19,20)12-5-4-11(15)10(7-18)13(12)16/h1-6,17-18H,7H2. The van der Waals surface area contributed by atoms with Crippen LogP contribution >= 0.6 is 34.8 Å². The number of anilines is 1. The molecule has 2 rings (SSSR count). The van der Waals surface area contributed by atoms with E-state index < -0.39 is 16.6 Å². The van der Waals surface area contributed by atoms with E-state index in [9.17, 15) is 13.5 Å². The van der Waals surface area contributed by atoms with E-state index in [4.69, 9.17) is 34.8 Å². The van der Waals surface area contributed by atoms with Gasteiger partial charge in [-0.15, -0.1) is 0 Å². The van der Waals surface area contributed by atoms with Crippen LogP contribution < -0.4 is 4.72 Å². The largest absolute Gasteiger partial charge is 0.392 e. The van der Waals surface area contributed by atoms with E-state index in [1.54, 1.807) is 18.2 Å². The first-order chi connectivity index (χ1) is 9.85. The van der Waals surface area contributed by atoms with Crippen molar-refractivity contribution in [1.29, 1.82) is 0 Å². The van der Waals surface area contributed by atoms with Crippen molar-refractivity contribution in [2.45, 2.75) is 11.5 Å².